The fourth-order valence-corrected chi connectivity index (χ4v) is 3.61. The van der Waals surface area contributed by atoms with E-state index in [0.29, 0.717) is 0 Å². The molecule has 6 heteroatoms. The van der Waals surface area contributed by atoms with Crippen molar-refractivity contribution in [3.63, 3.8) is 0 Å². The average molecular weight is 318 g/mol. The van der Waals surface area contributed by atoms with Crippen molar-refractivity contribution in [1.29, 1.82) is 0 Å². The fourth-order valence-electron chi connectivity index (χ4n) is 2.64. The Labute approximate surface area is 134 Å². The minimum atomic E-state index is 0.222. The van der Waals surface area contributed by atoms with Gasteiger partial charge in [0.2, 0.25) is 5.91 Å². The monoisotopic (exact) mass is 318 g/mol. The number of carbonyl (C=O) groups is 1. The SMILES string of the molecule is Cc1nc(NCCCNC(=O)C2CCC2)c2c(C)csc2n1. The smallest absolute Gasteiger partial charge is 0.223 e. The summed E-state index contributed by atoms with van der Waals surface area (Å²) < 4.78 is 0. The lowest BCUT2D eigenvalue weighted by molar-refractivity contribution is -0.127. The van der Waals surface area contributed by atoms with Crippen LogP contribution in [-0.2, 0) is 4.79 Å². The van der Waals surface area contributed by atoms with Crippen molar-refractivity contribution in [2.75, 3.05) is 18.4 Å². The Kier molecular flexibility index (Phi) is 4.57. The van der Waals surface area contributed by atoms with E-state index in [4.69, 9.17) is 0 Å². The number of amides is 1. The van der Waals surface area contributed by atoms with E-state index in [0.717, 1.165) is 54.2 Å². The molecule has 0 spiro atoms. The number of nitrogens with one attached hydrogen (secondary N) is 2. The number of anilines is 1. The molecule has 1 saturated carbocycles. The van der Waals surface area contributed by atoms with Gasteiger partial charge in [0.05, 0.1) is 5.39 Å². The molecule has 1 fully saturated rings. The van der Waals surface area contributed by atoms with Gasteiger partial charge in [0.25, 0.3) is 0 Å². The zero-order valence-corrected chi connectivity index (χ0v) is 13.9. The summed E-state index contributed by atoms with van der Waals surface area (Å²) in [6.07, 6.45) is 4.20. The van der Waals surface area contributed by atoms with E-state index in [1.54, 1.807) is 11.3 Å². The second-order valence-electron chi connectivity index (χ2n) is 5.92. The van der Waals surface area contributed by atoms with Gasteiger partial charge in [0.15, 0.2) is 0 Å². The maximum absolute atomic E-state index is 11.7. The third-order valence-corrected chi connectivity index (χ3v) is 5.14. The van der Waals surface area contributed by atoms with Crippen LogP contribution in [0.15, 0.2) is 5.38 Å². The predicted molar refractivity (Wildman–Crippen MR) is 90.3 cm³/mol. The van der Waals surface area contributed by atoms with Crippen LogP contribution >= 0.6 is 11.3 Å². The van der Waals surface area contributed by atoms with Crippen molar-refractivity contribution < 1.29 is 4.79 Å². The van der Waals surface area contributed by atoms with Crippen LogP contribution in [0.1, 0.15) is 37.1 Å². The number of hydrogen-bond donors (Lipinski definition) is 2. The van der Waals surface area contributed by atoms with Crippen LogP contribution in [0.5, 0.6) is 0 Å². The molecule has 2 aromatic heterocycles. The summed E-state index contributed by atoms with van der Waals surface area (Å²) >= 11 is 1.65. The molecule has 0 aromatic carbocycles. The third-order valence-electron chi connectivity index (χ3n) is 4.15. The lowest BCUT2D eigenvalue weighted by Crippen LogP contribution is -2.35. The minimum absolute atomic E-state index is 0.222. The Hall–Kier alpha value is -1.69. The topological polar surface area (TPSA) is 66.9 Å². The molecule has 2 N–H and O–H groups in total. The van der Waals surface area contributed by atoms with E-state index in [1.165, 1.54) is 12.0 Å². The number of aromatic nitrogens is 2. The maximum atomic E-state index is 11.7. The van der Waals surface area contributed by atoms with Gasteiger partial charge in [-0.2, -0.15) is 0 Å². The van der Waals surface area contributed by atoms with Gasteiger partial charge in [-0.3, -0.25) is 4.79 Å². The number of hydrogen-bond acceptors (Lipinski definition) is 5. The highest BCUT2D eigenvalue weighted by molar-refractivity contribution is 7.17. The van der Waals surface area contributed by atoms with Crippen molar-refractivity contribution in [1.82, 2.24) is 15.3 Å². The zero-order valence-electron chi connectivity index (χ0n) is 13.1. The van der Waals surface area contributed by atoms with Crippen molar-refractivity contribution in [3.8, 4) is 0 Å². The van der Waals surface area contributed by atoms with Gasteiger partial charge in [-0.05, 0) is 44.1 Å². The first-order valence-electron chi connectivity index (χ1n) is 7.89. The van der Waals surface area contributed by atoms with E-state index in [2.05, 4.69) is 32.9 Å². The number of aryl methyl sites for hydroxylation is 2. The Balaban J connectivity index is 1.51. The number of thiophene rings is 1. The largest absolute Gasteiger partial charge is 0.369 e. The first-order chi connectivity index (χ1) is 10.6. The third kappa shape index (κ3) is 3.21. The summed E-state index contributed by atoms with van der Waals surface area (Å²) in [7, 11) is 0. The summed E-state index contributed by atoms with van der Waals surface area (Å²) in [5, 5.41) is 9.64. The van der Waals surface area contributed by atoms with Gasteiger partial charge >= 0.3 is 0 Å². The molecule has 5 nitrogen and oxygen atoms in total. The summed E-state index contributed by atoms with van der Waals surface area (Å²) in [5.74, 6) is 2.19. The minimum Gasteiger partial charge on any atom is -0.369 e. The quantitative estimate of drug-likeness (QED) is 0.804. The Morgan fingerprint density at radius 1 is 1.32 bits per heavy atom. The first kappa shape index (κ1) is 15.2. The molecule has 0 aliphatic heterocycles. The van der Waals surface area contributed by atoms with Crippen molar-refractivity contribution in [2.45, 2.75) is 39.5 Å². The fraction of sp³-hybridized carbons (Fsp3) is 0.562. The highest BCUT2D eigenvalue weighted by atomic mass is 32.1. The second kappa shape index (κ2) is 6.60. The molecule has 0 radical (unpaired) electrons. The number of fused-ring (bicyclic) bond motifs is 1. The average Bonchev–Trinajstić information content (AvgIpc) is 2.77. The van der Waals surface area contributed by atoms with E-state index >= 15 is 0 Å². The van der Waals surface area contributed by atoms with Crippen molar-refractivity contribution in [3.05, 3.63) is 16.8 Å². The van der Waals surface area contributed by atoms with E-state index < -0.39 is 0 Å². The van der Waals surface area contributed by atoms with Gasteiger partial charge in [0.1, 0.15) is 16.5 Å². The van der Waals surface area contributed by atoms with Crippen LogP contribution in [0.2, 0.25) is 0 Å². The van der Waals surface area contributed by atoms with Crippen molar-refractivity contribution in [2.24, 2.45) is 5.92 Å². The van der Waals surface area contributed by atoms with E-state index in [9.17, 15) is 4.79 Å². The Bertz CT molecular complexity index is 678. The molecular formula is C16H22N4OS. The van der Waals surface area contributed by atoms with Crippen LogP contribution in [0, 0.1) is 19.8 Å². The number of nitrogens with zero attached hydrogens (tertiary/aromatic N) is 2. The van der Waals surface area contributed by atoms with Gasteiger partial charge in [-0.15, -0.1) is 11.3 Å². The molecule has 22 heavy (non-hydrogen) atoms. The van der Waals surface area contributed by atoms with E-state index in [1.807, 2.05) is 6.92 Å². The molecule has 0 bridgehead atoms. The molecule has 0 unspecified atom stereocenters. The lowest BCUT2D eigenvalue weighted by Gasteiger charge is -2.24. The van der Waals surface area contributed by atoms with Crippen LogP contribution in [0.25, 0.3) is 10.2 Å². The predicted octanol–water partition coefficient (Wildman–Crippen LogP) is 3.03. The van der Waals surface area contributed by atoms with Crippen LogP contribution in [-0.4, -0.2) is 29.0 Å². The second-order valence-corrected chi connectivity index (χ2v) is 6.78. The molecule has 1 aliphatic carbocycles. The summed E-state index contributed by atoms with van der Waals surface area (Å²) in [6.45, 7) is 5.52. The van der Waals surface area contributed by atoms with Crippen molar-refractivity contribution >= 4 is 33.3 Å². The highest BCUT2D eigenvalue weighted by Gasteiger charge is 2.24. The van der Waals surface area contributed by atoms with Gasteiger partial charge in [-0.1, -0.05) is 6.42 Å². The molecule has 2 heterocycles. The van der Waals surface area contributed by atoms with Gasteiger partial charge < -0.3 is 10.6 Å². The zero-order chi connectivity index (χ0) is 15.5. The molecule has 2 aromatic rings. The molecule has 1 amide bonds. The summed E-state index contributed by atoms with van der Waals surface area (Å²) in [4.78, 5) is 21.8. The highest BCUT2D eigenvalue weighted by Crippen LogP contribution is 2.29. The van der Waals surface area contributed by atoms with Gasteiger partial charge in [-0.25, -0.2) is 9.97 Å². The first-order valence-corrected chi connectivity index (χ1v) is 8.77. The number of rotatable bonds is 6. The normalized spacial score (nSPS) is 14.8. The van der Waals surface area contributed by atoms with E-state index in [-0.39, 0.29) is 11.8 Å². The molecule has 0 saturated heterocycles. The van der Waals surface area contributed by atoms with Gasteiger partial charge in [0, 0.05) is 19.0 Å². The lowest BCUT2D eigenvalue weighted by atomic mass is 9.85. The van der Waals surface area contributed by atoms with Crippen LogP contribution < -0.4 is 10.6 Å². The Morgan fingerprint density at radius 2 is 2.14 bits per heavy atom. The molecule has 1 aliphatic rings. The molecule has 118 valence electrons. The Morgan fingerprint density at radius 3 is 2.86 bits per heavy atom. The standard InChI is InChI=1S/C16H22N4OS/c1-10-9-22-16-13(10)14(19-11(2)20-16)17-7-4-8-18-15(21)12-5-3-6-12/h9,12H,3-8H2,1-2H3,(H,18,21)(H,17,19,20). The molecule has 0 atom stereocenters. The van der Waals surface area contributed by atoms with Crippen LogP contribution in [0.4, 0.5) is 5.82 Å². The number of carbonyl (C=O) groups excluding carboxylic acids is 1. The maximum Gasteiger partial charge on any atom is 0.223 e. The molecular weight excluding hydrogens is 296 g/mol. The summed E-state index contributed by atoms with van der Waals surface area (Å²) in [6, 6.07) is 0. The molecule has 3 rings (SSSR count). The van der Waals surface area contributed by atoms with Crippen LogP contribution in [0.3, 0.4) is 0 Å². The summed E-state index contributed by atoms with van der Waals surface area (Å²) in [5.41, 5.74) is 1.21.